The second-order valence-corrected chi connectivity index (χ2v) is 5.60. The third-order valence-electron chi connectivity index (χ3n) is 3.59. The number of anilines is 1. The van der Waals surface area contributed by atoms with Crippen LogP contribution in [0.3, 0.4) is 0 Å². The molecule has 1 heterocycles. The molecule has 1 saturated heterocycles. The molecule has 0 aliphatic carbocycles. The van der Waals surface area contributed by atoms with Crippen LogP contribution in [0, 0.1) is 5.92 Å². The molecule has 1 aromatic carbocycles. The zero-order valence-corrected chi connectivity index (χ0v) is 13.1. The molecule has 0 radical (unpaired) electrons. The lowest BCUT2D eigenvalue weighted by Gasteiger charge is -2.35. The number of alkyl halides is 3. The Morgan fingerprint density at radius 3 is 2.64 bits per heavy atom. The summed E-state index contributed by atoms with van der Waals surface area (Å²) in [6.07, 6.45) is -3.49. The largest absolute Gasteiger partial charge is 0.494 e. The first-order valence-corrected chi connectivity index (χ1v) is 7.66. The van der Waals surface area contributed by atoms with Crippen molar-refractivity contribution in [2.24, 2.45) is 5.92 Å². The number of piperidine rings is 1. The van der Waals surface area contributed by atoms with Crippen LogP contribution >= 0.6 is 12.2 Å². The van der Waals surface area contributed by atoms with Gasteiger partial charge in [-0.25, -0.2) is 0 Å². The van der Waals surface area contributed by atoms with Crippen LogP contribution in [0.1, 0.15) is 19.8 Å². The monoisotopic (exact) mass is 332 g/mol. The molecule has 1 N–H and O–H groups in total. The van der Waals surface area contributed by atoms with Crippen molar-refractivity contribution in [1.82, 2.24) is 4.90 Å². The molecule has 0 amide bonds. The van der Waals surface area contributed by atoms with Crippen molar-refractivity contribution in [2.45, 2.75) is 25.9 Å². The lowest BCUT2D eigenvalue weighted by atomic mass is 9.98. The molecule has 0 aromatic heterocycles. The zero-order chi connectivity index (χ0) is 16.2. The van der Waals surface area contributed by atoms with Crippen molar-refractivity contribution in [3.63, 3.8) is 0 Å². The summed E-state index contributed by atoms with van der Waals surface area (Å²) in [5, 5.41) is 3.32. The summed E-state index contributed by atoms with van der Waals surface area (Å²) < 4.78 is 43.8. The molecule has 0 spiro atoms. The van der Waals surface area contributed by atoms with Crippen LogP contribution in [0.2, 0.25) is 0 Å². The quantitative estimate of drug-likeness (QED) is 0.844. The second kappa shape index (κ2) is 7.17. The van der Waals surface area contributed by atoms with Gasteiger partial charge in [-0.15, -0.1) is 0 Å². The molecule has 1 unspecified atom stereocenters. The van der Waals surface area contributed by atoms with Crippen LogP contribution in [0.5, 0.6) is 5.75 Å². The predicted molar refractivity (Wildman–Crippen MR) is 84.2 cm³/mol. The number of benzene rings is 1. The average molecular weight is 332 g/mol. The molecule has 3 nitrogen and oxygen atoms in total. The van der Waals surface area contributed by atoms with E-state index < -0.39 is 12.1 Å². The Balaban J connectivity index is 1.93. The lowest BCUT2D eigenvalue weighted by Crippen LogP contribution is -2.46. The zero-order valence-electron chi connectivity index (χ0n) is 12.3. The van der Waals surface area contributed by atoms with Gasteiger partial charge in [0.25, 0.3) is 0 Å². The number of thiocarbonyl (C=S) groups is 1. The standard InChI is InChI=1S/C15H19F3N2OS/c1-2-21-13-7-5-12(6-8-13)19-14(22)20-9-3-4-11(10-20)15(16,17)18/h5-8,11H,2-4,9-10H2,1H3,(H,19,22). The maximum atomic E-state index is 12.8. The number of ether oxygens (including phenoxy) is 1. The first-order valence-electron chi connectivity index (χ1n) is 7.25. The number of likely N-dealkylation sites (tertiary alicyclic amines) is 1. The number of rotatable bonds is 3. The van der Waals surface area contributed by atoms with Crippen LogP contribution in [-0.2, 0) is 0 Å². The van der Waals surface area contributed by atoms with Crippen molar-refractivity contribution < 1.29 is 17.9 Å². The summed E-state index contributed by atoms with van der Waals surface area (Å²) in [5.74, 6) is -0.560. The van der Waals surface area contributed by atoms with E-state index in [4.69, 9.17) is 17.0 Å². The Hall–Kier alpha value is -1.50. The highest BCUT2D eigenvalue weighted by Crippen LogP contribution is 2.33. The van der Waals surface area contributed by atoms with Crippen molar-refractivity contribution in [2.75, 3.05) is 25.0 Å². The minimum atomic E-state index is -4.16. The molecule has 1 atom stereocenters. The van der Waals surface area contributed by atoms with Gasteiger partial charge in [-0.2, -0.15) is 13.2 Å². The molecular formula is C15H19F3N2OS. The van der Waals surface area contributed by atoms with E-state index in [1.807, 2.05) is 6.92 Å². The Morgan fingerprint density at radius 1 is 1.36 bits per heavy atom. The van der Waals surface area contributed by atoms with E-state index in [0.717, 1.165) is 11.4 Å². The third-order valence-corrected chi connectivity index (χ3v) is 3.95. The van der Waals surface area contributed by atoms with Gasteiger partial charge in [0.05, 0.1) is 12.5 Å². The van der Waals surface area contributed by atoms with E-state index in [-0.39, 0.29) is 13.0 Å². The number of halogens is 3. The van der Waals surface area contributed by atoms with E-state index in [9.17, 15) is 13.2 Å². The summed E-state index contributed by atoms with van der Waals surface area (Å²) in [6.45, 7) is 2.95. The van der Waals surface area contributed by atoms with Crippen LogP contribution < -0.4 is 10.1 Å². The molecule has 1 aromatic rings. The van der Waals surface area contributed by atoms with Gasteiger partial charge in [0, 0.05) is 18.8 Å². The van der Waals surface area contributed by atoms with E-state index >= 15 is 0 Å². The fourth-order valence-corrected chi connectivity index (χ4v) is 2.72. The van der Waals surface area contributed by atoms with E-state index in [0.29, 0.717) is 24.7 Å². The Labute approximate surface area is 133 Å². The summed E-state index contributed by atoms with van der Waals surface area (Å²) in [6, 6.07) is 7.18. The van der Waals surface area contributed by atoms with Crippen LogP contribution in [0.15, 0.2) is 24.3 Å². The van der Waals surface area contributed by atoms with Crippen molar-refractivity contribution in [3.05, 3.63) is 24.3 Å². The van der Waals surface area contributed by atoms with Gasteiger partial charge in [0.2, 0.25) is 0 Å². The number of hydrogen-bond donors (Lipinski definition) is 1. The minimum Gasteiger partial charge on any atom is -0.494 e. The van der Waals surface area contributed by atoms with Crippen molar-refractivity contribution in [1.29, 1.82) is 0 Å². The van der Waals surface area contributed by atoms with Crippen molar-refractivity contribution in [3.8, 4) is 5.75 Å². The Bertz CT molecular complexity index is 505. The molecule has 22 heavy (non-hydrogen) atoms. The van der Waals surface area contributed by atoms with E-state index in [2.05, 4.69) is 5.32 Å². The maximum Gasteiger partial charge on any atom is 0.393 e. The van der Waals surface area contributed by atoms with E-state index in [1.165, 1.54) is 0 Å². The Kier molecular flexibility index (Phi) is 5.50. The molecule has 1 aliphatic heterocycles. The van der Waals surface area contributed by atoms with Gasteiger partial charge in [-0.1, -0.05) is 0 Å². The molecule has 1 aliphatic rings. The SMILES string of the molecule is CCOc1ccc(NC(=S)N2CCCC(C(F)(F)F)C2)cc1. The predicted octanol–water partition coefficient (Wildman–Crippen LogP) is 4.06. The highest BCUT2D eigenvalue weighted by Gasteiger charge is 2.42. The highest BCUT2D eigenvalue weighted by molar-refractivity contribution is 7.80. The normalized spacial score (nSPS) is 18.9. The van der Waals surface area contributed by atoms with E-state index in [1.54, 1.807) is 29.2 Å². The highest BCUT2D eigenvalue weighted by atomic mass is 32.1. The molecule has 7 heteroatoms. The van der Waals surface area contributed by atoms with Crippen LogP contribution in [-0.4, -0.2) is 35.9 Å². The topological polar surface area (TPSA) is 24.5 Å². The van der Waals surface area contributed by atoms with Crippen LogP contribution in [0.25, 0.3) is 0 Å². The minimum absolute atomic E-state index is 0.0770. The third kappa shape index (κ3) is 4.50. The number of nitrogens with zero attached hydrogens (tertiary/aromatic N) is 1. The first kappa shape index (κ1) is 16.9. The van der Waals surface area contributed by atoms with Gasteiger partial charge in [0.15, 0.2) is 5.11 Å². The van der Waals surface area contributed by atoms with Crippen molar-refractivity contribution >= 4 is 23.0 Å². The first-order chi connectivity index (χ1) is 10.4. The molecular weight excluding hydrogens is 313 g/mol. The smallest absolute Gasteiger partial charge is 0.393 e. The lowest BCUT2D eigenvalue weighted by molar-refractivity contribution is -0.183. The molecule has 0 bridgehead atoms. The fourth-order valence-electron chi connectivity index (χ4n) is 2.43. The van der Waals surface area contributed by atoms with Gasteiger partial charge < -0.3 is 15.0 Å². The summed E-state index contributed by atoms with van der Waals surface area (Å²) >= 11 is 5.23. The fraction of sp³-hybridized carbons (Fsp3) is 0.533. The summed E-state index contributed by atoms with van der Waals surface area (Å²) in [7, 11) is 0. The molecule has 122 valence electrons. The number of hydrogen-bond acceptors (Lipinski definition) is 2. The Morgan fingerprint density at radius 2 is 2.05 bits per heavy atom. The molecule has 1 fully saturated rings. The van der Waals surface area contributed by atoms with Gasteiger partial charge in [-0.3, -0.25) is 0 Å². The van der Waals surface area contributed by atoms with Gasteiger partial charge in [-0.05, 0) is 56.2 Å². The van der Waals surface area contributed by atoms with Gasteiger partial charge in [0.1, 0.15) is 5.75 Å². The summed E-state index contributed by atoms with van der Waals surface area (Å²) in [5.41, 5.74) is 0.739. The molecule has 0 saturated carbocycles. The number of nitrogens with one attached hydrogen (secondary N) is 1. The van der Waals surface area contributed by atoms with Gasteiger partial charge >= 0.3 is 6.18 Å². The van der Waals surface area contributed by atoms with Crippen LogP contribution in [0.4, 0.5) is 18.9 Å². The molecule has 2 rings (SSSR count). The second-order valence-electron chi connectivity index (χ2n) is 5.21. The summed E-state index contributed by atoms with van der Waals surface area (Å²) in [4.78, 5) is 1.59. The maximum absolute atomic E-state index is 12.8. The average Bonchev–Trinajstić information content (AvgIpc) is 2.49.